The molecule has 0 spiro atoms. The first-order valence-corrected chi connectivity index (χ1v) is 7.54. The first-order valence-electron chi connectivity index (χ1n) is 6.72. The van der Waals surface area contributed by atoms with Gasteiger partial charge < -0.3 is 5.32 Å². The molecule has 1 unspecified atom stereocenters. The third kappa shape index (κ3) is 3.41. The van der Waals surface area contributed by atoms with Gasteiger partial charge in [0, 0.05) is 18.0 Å². The zero-order valence-corrected chi connectivity index (χ0v) is 13.1. The second-order valence-corrected chi connectivity index (χ2v) is 5.88. The highest BCUT2D eigenvalue weighted by Gasteiger charge is 2.11. The van der Waals surface area contributed by atoms with Crippen LogP contribution in [0.1, 0.15) is 31.1 Å². The molecule has 0 saturated carbocycles. The number of nitrogens with one attached hydrogen (secondary N) is 1. The maximum Gasteiger partial charge on any atom is 0.137 e. The first kappa shape index (κ1) is 15.1. The smallest absolute Gasteiger partial charge is 0.137 e. The van der Waals surface area contributed by atoms with Gasteiger partial charge in [-0.25, -0.2) is 4.39 Å². The predicted octanol–water partition coefficient (Wildman–Crippen LogP) is 3.69. The van der Waals surface area contributed by atoms with Crippen molar-refractivity contribution in [3.05, 3.63) is 41.3 Å². The molecule has 0 aliphatic heterocycles. The van der Waals surface area contributed by atoms with Gasteiger partial charge in [0.1, 0.15) is 5.82 Å². The summed E-state index contributed by atoms with van der Waals surface area (Å²) in [6, 6.07) is 7.54. The van der Waals surface area contributed by atoms with E-state index < -0.39 is 0 Å². The Hall–Kier alpha value is -1.33. The first-order chi connectivity index (χ1) is 9.51. The maximum absolute atomic E-state index is 14.2. The molecule has 5 heteroatoms. The van der Waals surface area contributed by atoms with Gasteiger partial charge in [-0.2, -0.15) is 5.10 Å². The minimum Gasteiger partial charge on any atom is -0.310 e. The average molecular weight is 293 g/mol. The second kappa shape index (κ2) is 6.41. The molecule has 0 aliphatic rings. The highest BCUT2D eigenvalue weighted by Crippen LogP contribution is 2.31. The fourth-order valence-electron chi connectivity index (χ4n) is 2.09. The van der Waals surface area contributed by atoms with Crippen LogP contribution >= 0.6 is 11.8 Å². The summed E-state index contributed by atoms with van der Waals surface area (Å²) in [7, 11) is 1.87. The monoisotopic (exact) mass is 293 g/mol. The van der Waals surface area contributed by atoms with Gasteiger partial charge >= 0.3 is 0 Å². The number of aryl methyl sites for hydroxylation is 2. The fraction of sp³-hybridized carbons (Fsp3) is 0.400. The summed E-state index contributed by atoms with van der Waals surface area (Å²) >= 11 is 1.40. The van der Waals surface area contributed by atoms with E-state index in [-0.39, 0.29) is 11.9 Å². The van der Waals surface area contributed by atoms with Gasteiger partial charge in [-0.1, -0.05) is 24.8 Å². The highest BCUT2D eigenvalue weighted by molar-refractivity contribution is 7.99. The SMILES string of the molecule is CCNC(C)c1ccc(Sc2cc(C)nn2C)c(F)c1. The number of benzene rings is 1. The zero-order valence-electron chi connectivity index (χ0n) is 12.3. The summed E-state index contributed by atoms with van der Waals surface area (Å²) in [6.07, 6.45) is 0. The van der Waals surface area contributed by atoms with Gasteiger partial charge in [-0.15, -0.1) is 0 Å². The van der Waals surface area contributed by atoms with Crippen LogP contribution in [0.15, 0.2) is 34.2 Å². The predicted molar refractivity (Wildman–Crippen MR) is 80.6 cm³/mol. The van der Waals surface area contributed by atoms with Crippen molar-refractivity contribution >= 4 is 11.8 Å². The van der Waals surface area contributed by atoms with Gasteiger partial charge in [-0.05, 0) is 44.2 Å². The van der Waals surface area contributed by atoms with Gasteiger partial charge in [0.15, 0.2) is 0 Å². The Bertz CT molecular complexity index is 595. The van der Waals surface area contributed by atoms with Crippen molar-refractivity contribution in [2.24, 2.45) is 7.05 Å². The van der Waals surface area contributed by atoms with Crippen molar-refractivity contribution in [1.29, 1.82) is 0 Å². The maximum atomic E-state index is 14.2. The molecule has 2 aromatic rings. The molecular formula is C15H20FN3S. The molecule has 0 fully saturated rings. The van der Waals surface area contributed by atoms with Crippen LogP contribution < -0.4 is 5.32 Å². The Morgan fingerprint density at radius 3 is 2.70 bits per heavy atom. The molecule has 1 aromatic heterocycles. The topological polar surface area (TPSA) is 29.9 Å². The minimum absolute atomic E-state index is 0.160. The Morgan fingerprint density at radius 2 is 2.15 bits per heavy atom. The molecule has 2 rings (SSSR count). The molecule has 0 bridgehead atoms. The number of halogens is 1. The Morgan fingerprint density at radius 1 is 1.40 bits per heavy atom. The quantitative estimate of drug-likeness (QED) is 0.912. The summed E-state index contributed by atoms with van der Waals surface area (Å²) in [5.41, 5.74) is 1.91. The van der Waals surface area contributed by atoms with Crippen LogP contribution in [0.2, 0.25) is 0 Å². The standard InChI is InChI=1S/C15H20FN3S/c1-5-17-11(3)12-6-7-14(13(16)9-12)20-15-8-10(2)18-19(15)4/h6-9,11,17H,5H2,1-4H3. The molecular weight excluding hydrogens is 273 g/mol. The largest absolute Gasteiger partial charge is 0.310 e. The van der Waals surface area contributed by atoms with Crippen molar-refractivity contribution in [3.63, 3.8) is 0 Å². The number of hydrogen-bond acceptors (Lipinski definition) is 3. The van der Waals surface area contributed by atoms with Crippen molar-refractivity contribution in [1.82, 2.24) is 15.1 Å². The lowest BCUT2D eigenvalue weighted by atomic mass is 10.1. The van der Waals surface area contributed by atoms with E-state index in [2.05, 4.69) is 10.4 Å². The molecule has 0 radical (unpaired) electrons. The molecule has 1 N–H and O–H groups in total. The summed E-state index contributed by atoms with van der Waals surface area (Å²) in [6.45, 7) is 6.88. The minimum atomic E-state index is -0.184. The molecule has 0 saturated heterocycles. The lowest BCUT2D eigenvalue weighted by Gasteiger charge is -2.13. The van der Waals surface area contributed by atoms with Crippen LogP contribution in [0.25, 0.3) is 0 Å². The molecule has 1 atom stereocenters. The van der Waals surface area contributed by atoms with Crippen molar-refractivity contribution in [2.45, 2.75) is 36.7 Å². The van der Waals surface area contributed by atoms with E-state index in [0.29, 0.717) is 4.90 Å². The van der Waals surface area contributed by atoms with Crippen molar-refractivity contribution in [3.8, 4) is 0 Å². The van der Waals surface area contributed by atoms with Gasteiger partial charge in [0.05, 0.1) is 10.7 Å². The van der Waals surface area contributed by atoms with Crippen LogP contribution in [0, 0.1) is 12.7 Å². The van der Waals surface area contributed by atoms with E-state index in [1.54, 1.807) is 10.7 Å². The molecule has 3 nitrogen and oxygen atoms in total. The van der Waals surface area contributed by atoms with Gasteiger partial charge in [-0.3, -0.25) is 4.68 Å². The number of rotatable bonds is 5. The summed E-state index contributed by atoms with van der Waals surface area (Å²) in [5, 5.41) is 8.49. The zero-order chi connectivity index (χ0) is 14.7. The normalized spacial score (nSPS) is 12.7. The van der Waals surface area contributed by atoms with E-state index in [1.165, 1.54) is 11.8 Å². The fourth-order valence-corrected chi connectivity index (χ4v) is 3.01. The number of hydrogen-bond donors (Lipinski definition) is 1. The van der Waals surface area contributed by atoms with E-state index in [4.69, 9.17) is 0 Å². The molecule has 20 heavy (non-hydrogen) atoms. The average Bonchev–Trinajstić information content (AvgIpc) is 2.70. The summed E-state index contributed by atoms with van der Waals surface area (Å²) < 4.78 is 16.0. The van der Waals surface area contributed by atoms with Crippen LogP contribution in [-0.4, -0.2) is 16.3 Å². The van der Waals surface area contributed by atoms with Crippen LogP contribution in [-0.2, 0) is 7.05 Å². The lowest BCUT2D eigenvalue weighted by Crippen LogP contribution is -2.17. The van der Waals surface area contributed by atoms with Gasteiger partial charge in [0.2, 0.25) is 0 Å². The van der Waals surface area contributed by atoms with Crippen LogP contribution in [0.4, 0.5) is 4.39 Å². The molecule has 108 valence electrons. The molecule has 0 aliphatic carbocycles. The van der Waals surface area contributed by atoms with Gasteiger partial charge in [0.25, 0.3) is 0 Å². The van der Waals surface area contributed by atoms with E-state index >= 15 is 0 Å². The van der Waals surface area contributed by atoms with E-state index in [0.717, 1.165) is 22.8 Å². The second-order valence-electron chi connectivity index (χ2n) is 4.82. The summed E-state index contributed by atoms with van der Waals surface area (Å²) in [4.78, 5) is 0.625. The number of aromatic nitrogens is 2. The number of nitrogens with zero attached hydrogens (tertiary/aromatic N) is 2. The van der Waals surface area contributed by atoms with Crippen molar-refractivity contribution in [2.75, 3.05) is 6.54 Å². The molecule has 0 amide bonds. The molecule has 1 aromatic carbocycles. The Labute approximate surface area is 123 Å². The summed E-state index contributed by atoms with van der Waals surface area (Å²) in [5.74, 6) is -0.184. The van der Waals surface area contributed by atoms with Crippen LogP contribution in [0.3, 0.4) is 0 Å². The lowest BCUT2D eigenvalue weighted by molar-refractivity contribution is 0.571. The van der Waals surface area contributed by atoms with E-state index in [9.17, 15) is 4.39 Å². The molecule has 1 heterocycles. The third-order valence-corrected chi connectivity index (χ3v) is 4.28. The Kier molecular flexibility index (Phi) is 4.83. The van der Waals surface area contributed by atoms with Crippen molar-refractivity contribution < 1.29 is 4.39 Å². The van der Waals surface area contributed by atoms with E-state index in [1.807, 2.05) is 46.0 Å². The third-order valence-electron chi connectivity index (χ3n) is 3.14. The Balaban J connectivity index is 2.19. The van der Waals surface area contributed by atoms with Crippen LogP contribution in [0.5, 0.6) is 0 Å². The highest BCUT2D eigenvalue weighted by atomic mass is 32.2.